The van der Waals surface area contributed by atoms with E-state index in [1.165, 1.54) is 6.39 Å². The third-order valence-electron chi connectivity index (χ3n) is 4.49. The van der Waals surface area contributed by atoms with Gasteiger partial charge in [-0.3, -0.25) is 0 Å². The molecular formula is C21H14ClN5O. The van der Waals surface area contributed by atoms with Gasteiger partial charge in [0.25, 0.3) is 0 Å². The van der Waals surface area contributed by atoms with E-state index in [1.54, 1.807) is 10.9 Å². The molecule has 0 aliphatic heterocycles. The van der Waals surface area contributed by atoms with Crippen molar-refractivity contribution in [3.05, 3.63) is 84.0 Å². The van der Waals surface area contributed by atoms with Gasteiger partial charge in [-0.2, -0.15) is 5.10 Å². The van der Waals surface area contributed by atoms with Crippen LogP contribution in [0.4, 0.5) is 0 Å². The second-order valence-corrected chi connectivity index (χ2v) is 6.66. The molecule has 0 spiro atoms. The van der Waals surface area contributed by atoms with Crippen LogP contribution in [0.1, 0.15) is 5.69 Å². The zero-order valence-electron chi connectivity index (χ0n) is 14.7. The highest BCUT2D eigenvalue weighted by molar-refractivity contribution is 6.38. The fourth-order valence-corrected chi connectivity index (χ4v) is 3.50. The summed E-state index contributed by atoms with van der Waals surface area (Å²) in [5, 5.41) is 14.9. The average molecular weight is 388 g/mol. The molecule has 0 fully saturated rings. The van der Waals surface area contributed by atoms with Crippen LogP contribution in [0.15, 0.2) is 77.7 Å². The summed E-state index contributed by atoms with van der Waals surface area (Å²) in [4.78, 5) is 4.18. The van der Waals surface area contributed by atoms with E-state index in [0.717, 1.165) is 27.9 Å². The number of rotatable bonds is 4. The van der Waals surface area contributed by atoms with Crippen molar-refractivity contribution >= 4 is 22.6 Å². The van der Waals surface area contributed by atoms with Gasteiger partial charge in [0.1, 0.15) is 23.3 Å². The summed E-state index contributed by atoms with van der Waals surface area (Å²) in [6.07, 6.45) is 2.98. The van der Waals surface area contributed by atoms with Gasteiger partial charge in [0, 0.05) is 11.1 Å². The number of benzene rings is 2. The molecule has 0 radical (unpaired) electrons. The lowest BCUT2D eigenvalue weighted by Crippen LogP contribution is -2.04. The van der Waals surface area contributed by atoms with Crippen LogP contribution in [0.2, 0.25) is 5.02 Å². The van der Waals surface area contributed by atoms with Crippen molar-refractivity contribution in [1.82, 2.24) is 25.0 Å². The second-order valence-electron chi connectivity index (χ2n) is 6.28. The van der Waals surface area contributed by atoms with Crippen molar-refractivity contribution in [3.8, 4) is 22.5 Å². The number of oxazole rings is 1. The molecule has 0 atom stereocenters. The highest BCUT2D eigenvalue weighted by atomic mass is 35.5. The largest absolute Gasteiger partial charge is 0.451 e. The molecule has 0 aliphatic rings. The van der Waals surface area contributed by atoms with E-state index in [9.17, 15) is 0 Å². The van der Waals surface area contributed by atoms with Gasteiger partial charge in [0.05, 0.1) is 17.0 Å². The Hall–Kier alpha value is -3.51. The topological polar surface area (TPSA) is 69.6 Å². The van der Waals surface area contributed by atoms with E-state index in [1.807, 2.05) is 60.7 Å². The van der Waals surface area contributed by atoms with Gasteiger partial charge in [-0.25, -0.2) is 9.67 Å². The minimum Gasteiger partial charge on any atom is -0.451 e. The summed E-state index contributed by atoms with van der Waals surface area (Å²) >= 11 is 6.84. The van der Waals surface area contributed by atoms with Crippen molar-refractivity contribution < 1.29 is 4.42 Å². The molecule has 2 aromatic carbocycles. The standard InChI is InChI=1S/C21H14ClN5O/c22-18-17-19(14-7-3-1-4-8-14)26-27(11-16-12-28-13-23-16)21(17)25-24-20(18)15-9-5-2-6-10-15/h1-10,12-13H,11H2. The lowest BCUT2D eigenvalue weighted by atomic mass is 10.1. The Morgan fingerprint density at radius 1 is 0.857 bits per heavy atom. The van der Waals surface area contributed by atoms with Crippen molar-refractivity contribution in [2.45, 2.75) is 6.54 Å². The van der Waals surface area contributed by atoms with E-state index in [2.05, 4.69) is 15.2 Å². The Morgan fingerprint density at radius 2 is 1.54 bits per heavy atom. The molecule has 7 heteroatoms. The van der Waals surface area contributed by atoms with Crippen LogP contribution in [0, 0.1) is 0 Å². The molecule has 0 amide bonds. The summed E-state index contributed by atoms with van der Waals surface area (Å²) in [7, 11) is 0. The molecule has 5 rings (SSSR count). The fourth-order valence-electron chi connectivity index (χ4n) is 3.17. The molecule has 6 nitrogen and oxygen atoms in total. The smallest absolute Gasteiger partial charge is 0.182 e. The van der Waals surface area contributed by atoms with Gasteiger partial charge >= 0.3 is 0 Å². The van der Waals surface area contributed by atoms with E-state index < -0.39 is 0 Å². The molecule has 0 saturated carbocycles. The van der Waals surface area contributed by atoms with Gasteiger partial charge in [-0.1, -0.05) is 72.3 Å². The molecule has 28 heavy (non-hydrogen) atoms. The van der Waals surface area contributed by atoms with Gasteiger partial charge < -0.3 is 4.42 Å². The summed E-state index contributed by atoms with van der Waals surface area (Å²) < 4.78 is 6.83. The number of fused-ring (bicyclic) bond motifs is 1. The zero-order chi connectivity index (χ0) is 18.9. The van der Waals surface area contributed by atoms with Crippen LogP contribution in [-0.2, 0) is 6.54 Å². The predicted molar refractivity (Wildman–Crippen MR) is 107 cm³/mol. The molecule has 0 N–H and O–H groups in total. The maximum atomic E-state index is 6.84. The van der Waals surface area contributed by atoms with E-state index >= 15 is 0 Å². The molecule has 0 saturated heterocycles. The maximum Gasteiger partial charge on any atom is 0.182 e. The lowest BCUT2D eigenvalue weighted by molar-refractivity contribution is 0.554. The van der Waals surface area contributed by atoms with Crippen molar-refractivity contribution in [2.24, 2.45) is 0 Å². The summed E-state index contributed by atoms with van der Waals surface area (Å²) in [5.41, 5.74) is 4.61. The molecule has 136 valence electrons. The lowest BCUT2D eigenvalue weighted by Gasteiger charge is -2.05. The van der Waals surface area contributed by atoms with Crippen molar-refractivity contribution in [1.29, 1.82) is 0 Å². The average Bonchev–Trinajstić information content (AvgIpc) is 3.39. The number of hydrogen-bond acceptors (Lipinski definition) is 5. The highest BCUT2D eigenvalue weighted by Gasteiger charge is 2.21. The Balaban J connectivity index is 1.76. The first-order valence-electron chi connectivity index (χ1n) is 8.72. The van der Waals surface area contributed by atoms with Gasteiger partial charge in [-0.15, -0.1) is 10.2 Å². The van der Waals surface area contributed by atoms with E-state index in [-0.39, 0.29) is 0 Å². The van der Waals surface area contributed by atoms with Gasteiger partial charge in [0.15, 0.2) is 12.0 Å². The van der Waals surface area contributed by atoms with Crippen molar-refractivity contribution in [2.75, 3.05) is 0 Å². The van der Waals surface area contributed by atoms with Crippen LogP contribution in [0.5, 0.6) is 0 Å². The fraction of sp³-hybridized carbons (Fsp3) is 0.0476. The first-order chi connectivity index (χ1) is 13.8. The summed E-state index contributed by atoms with van der Waals surface area (Å²) in [6.45, 7) is 0.412. The van der Waals surface area contributed by atoms with E-state index in [4.69, 9.17) is 21.1 Å². The molecule has 0 bridgehead atoms. The van der Waals surface area contributed by atoms with Gasteiger partial charge in [0.2, 0.25) is 0 Å². The molecule has 0 aliphatic carbocycles. The highest BCUT2D eigenvalue weighted by Crippen LogP contribution is 2.37. The van der Waals surface area contributed by atoms with Crippen LogP contribution in [0.25, 0.3) is 33.5 Å². The van der Waals surface area contributed by atoms with Gasteiger partial charge in [-0.05, 0) is 0 Å². The third kappa shape index (κ3) is 2.84. The molecular weight excluding hydrogens is 374 g/mol. The normalized spacial score (nSPS) is 11.2. The number of halogens is 1. The number of aromatic nitrogens is 5. The van der Waals surface area contributed by atoms with Crippen molar-refractivity contribution in [3.63, 3.8) is 0 Å². The maximum absolute atomic E-state index is 6.84. The Bertz CT molecular complexity index is 1230. The predicted octanol–water partition coefficient (Wildman–Crippen LogP) is 4.85. The Kier molecular flexibility index (Phi) is 4.10. The monoisotopic (exact) mass is 387 g/mol. The van der Waals surface area contributed by atoms with Crippen LogP contribution in [0.3, 0.4) is 0 Å². The minimum atomic E-state index is 0.412. The molecule has 0 unspecified atom stereocenters. The molecule has 5 aromatic rings. The van der Waals surface area contributed by atoms with E-state index in [0.29, 0.717) is 22.9 Å². The third-order valence-corrected chi connectivity index (χ3v) is 4.86. The summed E-state index contributed by atoms with van der Waals surface area (Å²) in [5.74, 6) is 0. The summed E-state index contributed by atoms with van der Waals surface area (Å²) in [6, 6.07) is 19.7. The Morgan fingerprint density at radius 3 is 2.18 bits per heavy atom. The Labute approximate surface area is 165 Å². The quantitative estimate of drug-likeness (QED) is 0.441. The first kappa shape index (κ1) is 16.6. The number of nitrogens with zero attached hydrogens (tertiary/aromatic N) is 5. The molecule has 3 heterocycles. The second kappa shape index (κ2) is 6.90. The van der Waals surface area contributed by atoms with Crippen LogP contribution >= 0.6 is 11.6 Å². The van der Waals surface area contributed by atoms with Crippen LogP contribution < -0.4 is 0 Å². The zero-order valence-corrected chi connectivity index (χ0v) is 15.4. The first-order valence-corrected chi connectivity index (χ1v) is 9.09. The number of hydrogen-bond donors (Lipinski definition) is 0. The minimum absolute atomic E-state index is 0.412. The van der Waals surface area contributed by atoms with Crippen LogP contribution in [-0.4, -0.2) is 25.0 Å². The molecule has 3 aromatic heterocycles. The SMILES string of the molecule is Clc1c(-c2ccccc2)nnc2c1c(-c1ccccc1)nn2Cc1cocn1.